The van der Waals surface area contributed by atoms with Crippen LogP contribution in [0.1, 0.15) is 33.3 Å². The summed E-state index contributed by atoms with van der Waals surface area (Å²) in [4.78, 5) is 0. The van der Waals surface area contributed by atoms with E-state index in [0.717, 1.165) is 12.2 Å². The van der Waals surface area contributed by atoms with Crippen LogP contribution >= 0.6 is 0 Å². The van der Waals surface area contributed by atoms with Gasteiger partial charge in [-0.05, 0) is 17.7 Å². The van der Waals surface area contributed by atoms with E-state index in [0.29, 0.717) is 0 Å². The van der Waals surface area contributed by atoms with Crippen molar-refractivity contribution in [3.05, 3.63) is 66.2 Å². The van der Waals surface area contributed by atoms with Crippen LogP contribution in [0.5, 0.6) is 5.75 Å². The fourth-order valence-electron chi connectivity index (χ4n) is 3.68. The first-order valence-electron chi connectivity index (χ1n) is 7.69. The quantitative estimate of drug-likeness (QED) is 0.756. The van der Waals surface area contributed by atoms with Crippen LogP contribution in [0.15, 0.2) is 60.7 Å². The summed E-state index contributed by atoms with van der Waals surface area (Å²) < 4.78 is 6.55. The molecule has 0 radical (unpaired) electrons. The minimum atomic E-state index is -0.150. The Morgan fingerprint density at radius 3 is 1.67 bits per heavy atom. The minimum Gasteiger partial charge on any atom is -0.486 e. The van der Waals surface area contributed by atoms with E-state index in [-0.39, 0.29) is 16.4 Å². The average Bonchev–Trinajstić information content (AvgIpc) is 2.79. The Kier molecular flexibility index (Phi) is 3.12. The van der Waals surface area contributed by atoms with Crippen molar-refractivity contribution in [3.63, 3.8) is 0 Å². The second-order valence-electron chi connectivity index (χ2n) is 7.15. The van der Waals surface area contributed by atoms with E-state index >= 15 is 0 Å². The van der Waals surface area contributed by atoms with Crippen molar-refractivity contribution in [3.8, 4) is 5.75 Å². The Hall–Kier alpha value is -1.76. The molecule has 0 amide bonds. The van der Waals surface area contributed by atoms with E-state index in [9.17, 15) is 0 Å². The summed E-state index contributed by atoms with van der Waals surface area (Å²) in [6.07, 6.45) is 0.947. The highest BCUT2D eigenvalue weighted by Crippen LogP contribution is 2.73. The molecule has 1 saturated carbocycles. The smallest absolute Gasteiger partial charge is 0.124 e. The molecular weight excluding hydrogens is 256 g/mol. The van der Waals surface area contributed by atoms with Crippen molar-refractivity contribution in [1.29, 1.82) is 0 Å². The molecule has 0 atom stereocenters. The summed E-state index contributed by atoms with van der Waals surface area (Å²) in [6, 6.07) is 20.9. The number of benzene rings is 2. The lowest BCUT2D eigenvalue weighted by atomic mass is 9.98. The van der Waals surface area contributed by atoms with Crippen LogP contribution < -0.4 is 4.74 Å². The van der Waals surface area contributed by atoms with Gasteiger partial charge in [-0.1, -0.05) is 76.2 Å². The predicted octanol–water partition coefficient (Wildman–Crippen LogP) is 5.11. The van der Waals surface area contributed by atoms with Crippen molar-refractivity contribution >= 4 is 0 Å². The predicted molar refractivity (Wildman–Crippen MR) is 87.5 cm³/mol. The largest absolute Gasteiger partial charge is 0.486 e. The topological polar surface area (TPSA) is 9.23 Å². The molecule has 0 aliphatic heterocycles. The molecule has 0 heterocycles. The maximum Gasteiger partial charge on any atom is 0.124 e. The highest BCUT2D eigenvalue weighted by atomic mass is 16.5. The Balaban J connectivity index is 1.95. The maximum absolute atomic E-state index is 6.55. The van der Waals surface area contributed by atoms with Gasteiger partial charge in [-0.15, -0.1) is 0 Å². The van der Waals surface area contributed by atoms with Crippen molar-refractivity contribution < 1.29 is 4.74 Å². The number of hydrogen-bond donors (Lipinski definition) is 0. The van der Waals surface area contributed by atoms with E-state index in [4.69, 9.17) is 4.74 Å². The third-order valence-corrected chi connectivity index (χ3v) is 5.85. The lowest BCUT2D eigenvalue weighted by Crippen LogP contribution is -2.30. The van der Waals surface area contributed by atoms with Crippen LogP contribution in [-0.2, 0) is 6.42 Å². The Labute approximate surface area is 128 Å². The molecule has 1 nitrogen and oxygen atoms in total. The molecule has 2 aromatic carbocycles. The average molecular weight is 280 g/mol. The minimum absolute atomic E-state index is 0.145. The zero-order valence-electron chi connectivity index (χ0n) is 13.4. The lowest BCUT2D eigenvalue weighted by molar-refractivity contribution is 0.118. The molecular formula is C20H24O. The fourth-order valence-corrected chi connectivity index (χ4v) is 3.68. The summed E-state index contributed by atoms with van der Waals surface area (Å²) >= 11 is 0. The summed E-state index contributed by atoms with van der Waals surface area (Å²) in [7, 11) is 0. The molecule has 1 fully saturated rings. The van der Waals surface area contributed by atoms with Gasteiger partial charge in [0.15, 0.2) is 0 Å². The van der Waals surface area contributed by atoms with Crippen LogP contribution in [0.4, 0.5) is 0 Å². The van der Waals surface area contributed by atoms with E-state index in [2.05, 4.69) is 70.2 Å². The van der Waals surface area contributed by atoms with Crippen LogP contribution in [-0.4, -0.2) is 5.60 Å². The van der Waals surface area contributed by atoms with Crippen LogP contribution in [0, 0.1) is 10.8 Å². The molecule has 1 aliphatic carbocycles. The molecule has 21 heavy (non-hydrogen) atoms. The van der Waals surface area contributed by atoms with Gasteiger partial charge in [0.1, 0.15) is 11.4 Å². The second kappa shape index (κ2) is 4.62. The number of rotatable bonds is 4. The monoisotopic (exact) mass is 280 g/mol. The second-order valence-corrected chi connectivity index (χ2v) is 7.15. The maximum atomic E-state index is 6.55. The third kappa shape index (κ3) is 1.98. The standard InChI is InChI=1S/C20H24O/c1-18(2)19(3,4)20(18,15-16-11-7-5-8-12-16)21-17-13-9-6-10-14-17/h5-14H,15H2,1-4H3. The first-order chi connectivity index (χ1) is 9.91. The molecule has 3 rings (SSSR count). The molecule has 0 aromatic heterocycles. The normalized spacial score (nSPS) is 20.8. The Bertz CT molecular complexity index is 553. The van der Waals surface area contributed by atoms with Gasteiger partial charge in [-0.2, -0.15) is 0 Å². The number of para-hydroxylation sites is 1. The van der Waals surface area contributed by atoms with Gasteiger partial charge in [0.2, 0.25) is 0 Å². The molecule has 2 aromatic rings. The lowest BCUT2D eigenvalue weighted by Gasteiger charge is -2.24. The molecule has 0 bridgehead atoms. The van der Waals surface area contributed by atoms with E-state index < -0.39 is 0 Å². The first kappa shape index (κ1) is 14.2. The third-order valence-electron chi connectivity index (χ3n) is 5.85. The van der Waals surface area contributed by atoms with Gasteiger partial charge < -0.3 is 4.74 Å². The highest BCUT2D eigenvalue weighted by molar-refractivity contribution is 5.36. The summed E-state index contributed by atoms with van der Waals surface area (Å²) in [5, 5.41) is 0. The van der Waals surface area contributed by atoms with Gasteiger partial charge in [-0.25, -0.2) is 0 Å². The summed E-state index contributed by atoms with van der Waals surface area (Å²) in [6.45, 7) is 9.27. The van der Waals surface area contributed by atoms with E-state index in [1.165, 1.54) is 5.56 Å². The molecule has 1 heteroatoms. The van der Waals surface area contributed by atoms with Crippen molar-refractivity contribution in [2.24, 2.45) is 10.8 Å². The van der Waals surface area contributed by atoms with Gasteiger partial charge in [-0.3, -0.25) is 0 Å². The SMILES string of the molecule is CC1(C)C(C)(C)C1(Cc1ccccc1)Oc1ccccc1. The van der Waals surface area contributed by atoms with Crippen LogP contribution in [0.2, 0.25) is 0 Å². The molecule has 110 valence electrons. The van der Waals surface area contributed by atoms with Crippen molar-refractivity contribution in [2.45, 2.75) is 39.7 Å². The van der Waals surface area contributed by atoms with Gasteiger partial charge in [0.05, 0.1) is 0 Å². The highest BCUT2D eigenvalue weighted by Gasteiger charge is 2.79. The zero-order chi connectivity index (χ0) is 15.1. The molecule has 1 aliphatic rings. The van der Waals surface area contributed by atoms with Crippen LogP contribution in [0.3, 0.4) is 0 Å². The number of ether oxygens (including phenoxy) is 1. The Morgan fingerprint density at radius 1 is 0.714 bits per heavy atom. The molecule has 0 saturated heterocycles. The molecule has 0 N–H and O–H groups in total. The fraction of sp³-hybridized carbons (Fsp3) is 0.400. The van der Waals surface area contributed by atoms with Gasteiger partial charge in [0, 0.05) is 17.3 Å². The van der Waals surface area contributed by atoms with Crippen molar-refractivity contribution in [1.82, 2.24) is 0 Å². The van der Waals surface area contributed by atoms with Crippen molar-refractivity contribution in [2.75, 3.05) is 0 Å². The molecule has 0 unspecified atom stereocenters. The van der Waals surface area contributed by atoms with Crippen LogP contribution in [0.25, 0.3) is 0 Å². The summed E-state index contributed by atoms with van der Waals surface area (Å²) in [5.74, 6) is 0.965. The van der Waals surface area contributed by atoms with Gasteiger partial charge in [0.25, 0.3) is 0 Å². The molecule has 0 spiro atoms. The summed E-state index contributed by atoms with van der Waals surface area (Å²) in [5.41, 5.74) is 1.48. The van der Waals surface area contributed by atoms with E-state index in [1.54, 1.807) is 0 Å². The first-order valence-corrected chi connectivity index (χ1v) is 7.69. The van der Waals surface area contributed by atoms with Gasteiger partial charge >= 0.3 is 0 Å². The zero-order valence-corrected chi connectivity index (χ0v) is 13.4. The number of hydrogen-bond acceptors (Lipinski definition) is 1. The van der Waals surface area contributed by atoms with E-state index in [1.807, 2.05) is 18.2 Å². The Morgan fingerprint density at radius 2 is 1.19 bits per heavy atom.